The Morgan fingerprint density at radius 3 is 2.53 bits per heavy atom. The van der Waals surface area contributed by atoms with Crippen LogP contribution in [0.5, 0.6) is 5.75 Å². The number of pyridine rings is 1. The molecule has 0 radical (unpaired) electrons. The number of carbonyl (C=O) groups excluding carboxylic acids is 4. The first-order valence-electron chi connectivity index (χ1n) is 21.0. The van der Waals surface area contributed by atoms with Crippen LogP contribution in [0.2, 0.25) is 0 Å². The van der Waals surface area contributed by atoms with Gasteiger partial charge in [-0.2, -0.15) is 0 Å². The van der Waals surface area contributed by atoms with Crippen LogP contribution in [0.1, 0.15) is 74.0 Å². The maximum absolute atomic E-state index is 15.3. The predicted molar refractivity (Wildman–Crippen MR) is 228 cm³/mol. The number of amides is 3. The number of para-hydroxylation sites is 1. The van der Waals surface area contributed by atoms with Gasteiger partial charge in [0.05, 0.1) is 42.1 Å². The molecular weight excluding hydrogens is 807 g/mol. The molecule has 2 aromatic heterocycles. The van der Waals surface area contributed by atoms with E-state index in [1.807, 2.05) is 42.2 Å². The molecule has 16 heteroatoms. The van der Waals surface area contributed by atoms with E-state index in [0.29, 0.717) is 60.3 Å². The van der Waals surface area contributed by atoms with Gasteiger partial charge in [0.1, 0.15) is 30.0 Å². The number of aromatic nitrogens is 1. The predicted octanol–water partition coefficient (Wildman–Crippen LogP) is 6.62. The minimum absolute atomic E-state index is 0.0407. The average Bonchev–Trinajstić information content (AvgIpc) is 3.96. The van der Waals surface area contributed by atoms with Crippen LogP contribution in [0, 0.1) is 11.8 Å². The van der Waals surface area contributed by atoms with Crippen molar-refractivity contribution in [1.29, 1.82) is 0 Å². The summed E-state index contributed by atoms with van der Waals surface area (Å²) in [6, 6.07) is 16.4. The molecule has 5 heterocycles. The molecule has 13 nitrogen and oxygen atoms in total. The van der Waals surface area contributed by atoms with Gasteiger partial charge in [-0.05, 0) is 117 Å². The summed E-state index contributed by atoms with van der Waals surface area (Å²) in [5, 5.41) is 9.66. The number of nitrogens with one attached hydrogen (secondary N) is 3. The normalized spacial score (nSPS) is 26.4. The van der Waals surface area contributed by atoms with Gasteiger partial charge in [0.25, 0.3) is 5.91 Å². The van der Waals surface area contributed by atoms with Gasteiger partial charge in [-0.1, -0.05) is 31.2 Å². The average molecular weight is 859 g/mol. The van der Waals surface area contributed by atoms with E-state index in [1.54, 1.807) is 60.6 Å². The number of hydrogen-bond acceptors (Lipinski definition) is 10. The van der Waals surface area contributed by atoms with Crippen molar-refractivity contribution in [3.05, 3.63) is 89.6 Å². The number of carbonyl (C=O) groups is 4. The Hall–Kier alpha value is -4.85. The molecule has 0 spiro atoms. The van der Waals surface area contributed by atoms with Crippen LogP contribution in [0.25, 0.3) is 10.1 Å². The molecule has 3 amide bonds. The van der Waals surface area contributed by atoms with E-state index in [9.17, 15) is 23.7 Å². The largest absolute Gasteiger partial charge is 0.465 e. The zero-order valence-electron chi connectivity index (χ0n) is 33.8. The minimum atomic E-state index is -3.71. The van der Waals surface area contributed by atoms with E-state index in [1.165, 1.54) is 11.3 Å². The molecule has 1 saturated carbocycles. The number of hydrogen-bond donors (Lipinski definition) is 3. The standard InChI is InChI=1S/C44H52FN6O7PS/c1-3-18-57-44(55)27(2)49-59(56,58-34-9-5-4-6-10-34)26-28-11-16-39-31(19-28)22-40(60-39)42(53)47-36-21-30-13-12-29(30)20-32-14-15-38(51(32)43(36)54)41(52)48-37-25-50(24-35(37)45)33-8-7-17-46-23-33/h4-11,16-17,19,22-23,27,29-30,32,35-38H,3,12-15,18,20-21,24-26H2,1-2H3,(H,47,53)(H,48,52)(H,49,56)/t27-,29-,30+,32+,35-,36-,37-,38-,59?/m0/s1. The number of esters is 1. The van der Waals surface area contributed by atoms with Crippen LogP contribution in [-0.4, -0.2) is 89.7 Å². The highest BCUT2D eigenvalue weighted by Gasteiger charge is 2.49. The number of nitrogens with zero attached hydrogens (tertiary/aromatic N) is 3. The number of ether oxygens (including phenoxy) is 1. The molecule has 3 N–H and O–H groups in total. The lowest BCUT2D eigenvalue weighted by atomic mass is 9.67. The number of thiophene rings is 1. The highest BCUT2D eigenvalue weighted by atomic mass is 32.1. The summed E-state index contributed by atoms with van der Waals surface area (Å²) in [5.41, 5.74) is 1.46. The lowest BCUT2D eigenvalue weighted by Gasteiger charge is -2.45. The molecule has 1 aliphatic carbocycles. The molecule has 4 aliphatic rings. The highest BCUT2D eigenvalue weighted by Crippen LogP contribution is 2.48. The van der Waals surface area contributed by atoms with Gasteiger partial charge in [0.15, 0.2) is 0 Å². The first-order chi connectivity index (χ1) is 29.0. The molecule has 0 bridgehead atoms. The molecule has 4 fully saturated rings. The zero-order chi connectivity index (χ0) is 42.0. The Balaban J connectivity index is 0.964. The Morgan fingerprint density at radius 1 is 0.983 bits per heavy atom. The third kappa shape index (κ3) is 9.23. The van der Waals surface area contributed by atoms with Crippen LogP contribution < -0.4 is 25.1 Å². The van der Waals surface area contributed by atoms with Gasteiger partial charge in [-0.25, -0.2) is 9.48 Å². The third-order valence-corrected chi connectivity index (χ3v) is 15.5. The molecule has 318 valence electrons. The van der Waals surface area contributed by atoms with Crippen LogP contribution in [0.4, 0.5) is 10.1 Å². The zero-order valence-corrected chi connectivity index (χ0v) is 35.5. The number of anilines is 1. The molecule has 8 rings (SSSR count). The lowest BCUT2D eigenvalue weighted by molar-refractivity contribution is -0.145. The van der Waals surface area contributed by atoms with Gasteiger partial charge in [0.2, 0.25) is 11.8 Å². The fraction of sp³-hybridized carbons (Fsp3) is 0.477. The molecule has 3 saturated heterocycles. The van der Waals surface area contributed by atoms with Crippen molar-refractivity contribution in [1.82, 2.24) is 25.6 Å². The van der Waals surface area contributed by atoms with Gasteiger partial charge in [-0.15, -0.1) is 11.3 Å². The topological polar surface area (TPSA) is 159 Å². The first-order valence-corrected chi connectivity index (χ1v) is 23.6. The summed E-state index contributed by atoms with van der Waals surface area (Å²) in [4.78, 5) is 63.1. The summed E-state index contributed by atoms with van der Waals surface area (Å²) >= 11 is 1.29. The molecule has 4 aromatic rings. The van der Waals surface area contributed by atoms with E-state index in [2.05, 4.69) is 20.7 Å². The van der Waals surface area contributed by atoms with E-state index >= 15 is 4.39 Å². The molecular formula is C44H52FN6O7PS. The summed E-state index contributed by atoms with van der Waals surface area (Å²) in [7, 11) is -3.71. The van der Waals surface area contributed by atoms with Crippen LogP contribution in [-0.2, 0) is 29.8 Å². The smallest absolute Gasteiger partial charge is 0.323 e. The van der Waals surface area contributed by atoms with Crippen molar-refractivity contribution in [3.8, 4) is 5.75 Å². The number of fused-ring (bicyclic) bond motifs is 3. The molecule has 9 atom stereocenters. The third-order valence-electron chi connectivity index (χ3n) is 12.3. The Labute approximate surface area is 353 Å². The molecule has 60 heavy (non-hydrogen) atoms. The Kier molecular flexibility index (Phi) is 12.6. The summed E-state index contributed by atoms with van der Waals surface area (Å²) in [6.45, 7) is 4.17. The quantitative estimate of drug-likeness (QED) is 0.0930. The Morgan fingerprint density at radius 2 is 1.78 bits per heavy atom. The number of rotatable bonds is 14. The van der Waals surface area contributed by atoms with Crippen LogP contribution in [0.15, 0.2) is 79.1 Å². The monoisotopic (exact) mass is 858 g/mol. The second-order valence-corrected chi connectivity index (χ2v) is 19.8. The molecule has 2 aromatic carbocycles. The van der Waals surface area contributed by atoms with Gasteiger partial charge in [0, 0.05) is 23.5 Å². The summed E-state index contributed by atoms with van der Waals surface area (Å²) in [6.07, 6.45) is 7.19. The SMILES string of the molecule is CCCOC(=O)[C@H](C)NP(=O)(Cc1ccc2sc(C(=O)N[C@H]3C[C@H]4CC[C@H]4C[C@H]4CC[C@@H](C(=O)N[C@H]5CN(c6cccnc6)C[C@@H]5F)N4C3=O)cc2c1)Oc1ccccc1. The van der Waals surface area contributed by atoms with Crippen LogP contribution >= 0.6 is 18.9 Å². The van der Waals surface area contributed by atoms with Crippen molar-refractivity contribution >= 4 is 58.3 Å². The van der Waals surface area contributed by atoms with E-state index in [0.717, 1.165) is 35.0 Å². The van der Waals surface area contributed by atoms with Crippen molar-refractivity contribution in [2.24, 2.45) is 11.8 Å². The summed E-state index contributed by atoms with van der Waals surface area (Å²) < 4.78 is 41.8. The second kappa shape index (κ2) is 18.0. The number of alkyl halides is 1. The van der Waals surface area contributed by atoms with Crippen molar-refractivity contribution in [3.63, 3.8) is 0 Å². The highest BCUT2D eigenvalue weighted by molar-refractivity contribution is 7.56. The summed E-state index contributed by atoms with van der Waals surface area (Å²) in [5.74, 6) is -0.434. The maximum atomic E-state index is 15.3. The van der Waals surface area contributed by atoms with Crippen molar-refractivity contribution < 1.29 is 37.4 Å². The van der Waals surface area contributed by atoms with Crippen molar-refractivity contribution in [2.45, 2.75) is 101 Å². The molecule has 1 unspecified atom stereocenters. The Bertz CT molecular complexity index is 2250. The van der Waals surface area contributed by atoms with Crippen LogP contribution in [0.3, 0.4) is 0 Å². The minimum Gasteiger partial charge on any atom is -0.465 e. The fourth-order valence-electron chi connectivity index (χ4n) is 9.15. The first kappa shape index (κ1) is 41.9. The van der Waals surface area contributed by atoms with Gasteiger partial charge >= 0.3 is 13.5 Å². The van der Waals surface area contributed by atoms with E-state index in [4.69, 9.17) is 9.26 Å². The lowest BCUT2D eigenvalue weighted by Crippen LogP contribution is -2.59. The number of benzene rings is 2. The van der Waals surface area contributed by atoms with Gasteiger partial charge < -0.3 is 29.7 Å². The fourth-order valence-corrected chi connectivity index (χ4v) is 12.1. The number of halogens is 1. The van der Waals surface area contributed by atoms with E-state index in [-0.39, 0.29) is 43.1 Å². The second-order valence-electron chi connectivity index (χ2n) is 16.6. The van der Waals surface area contributed by atoms with Crippen molar-refractivity contribution in [2.75, 3.05) is 24.6 Å². The van der Waals surface area contributed by atoms with Gasteiger partial charge in [-0.3, -0.25) is 28.7 Å². The van der Waals surface area contributed by atoms with E-state index < -0.39 is 43.8 Å². The maximum Gasteiger partial charge on any atom is 0.323 e. The molecule has 3 aliphatic heterocycles.